The zero-order valence-corrected chi connectivity index (χ0v) is 14.1. The van der Waals surface area contributed by atoms with Gasteiger partial charge in [-0.3, -0.25) is 0 Å². The van der Waals surface area contributed by atoms with Crippen LogP contribution < -0.4 is 10.2 Å². The van der Waals surface area contributed by atoms with E-state index in [2.05, 4.69) is 66.0 Å². The van der Waals surface area contributed by atoms with Gasteiger partial charge in [-0.25, -0.2) is 9.97 Å². The van der Waals surface area contributed by atoms with Crippen molar-refractivity contribution in [3.05, 3.63) is 12.4 Å². The molecule has 1 aliphatic heterocycles. The first-order valence-corrected chi connectivity index (χ1v) is 7.82. The second-order valence-corrected chi connectivity index (χ2v) is 7.35. The van der Waals surface area contributed by atoms with Crippen LogP contribution in [0.3, 0.4) is 0 Å². The molecule has 1 aromatic heterocycles. The number of anilines is 2. The van der Waals surface area contributed by atoms with Crippen LogP contribution in [-0.4, -0.2) is 54.6 Å². The number of nitrogens with zero attached hydrogens (tertiary/aromatic N) is 4. The van der Waals surface area contributed by atoms with E-state index in [-0.39, 0.29) is 0 Å². The molecule has 0 aliphatic carbocycles. The molecule has 0 bridgehead atoms. The molecular formula is C16H29N5. The van der Waals surface area contributed by atoms with Gasteiger partial charge in [-0.2, -0.15) is 0 Å². The van der Waals surface area contributed by atoms with Gasteiger partial charge in [0.1, 0.15) is 18.0 Å². The summed E-state index contributed by atoms with van der Waals surface area (Å²) < 4.78 is 0. The third kappa shape index (κ3) is 4.84. The minimum atomic E-state index is 0.344. The van der Waals surface area contributed by atoms with Crippen LogP contribution >= 0.6 is 0 Å². The molecule has 0 saturated carbocycles. The molecule has 0 spiro atoms. The largest absolute Gasteiger partial charge is 0.370 e. The summed E-state index contributed by atoms with van der Waals surface area (Å²) in [6, 6.07) is 2.69. The lowest BCUT2D eigenvalue weighted by Gasteiger charge is -2.21. The van der Waals surface area contributed by atoms with E-state index in [1.807, 2.05) is 0 Å². The summed E-state index contributed by atoms with van der Waals surface area (Å²) in [6.07, 6.45) is 3.99. The smallest absolute Gasteiger partial charge is 0.134 e. The van der Waals surface area contributed by atoms with Gasteiger partial charge in [-0.15, -0.1) is 0 Å². The highest BCUT2D eigenvalue weighted by atomic mass is 15.3. The van der Waals surface area contributed by atoms with Gasteiger partial charge in [0.25, 0.3) is 0 Å². The van der Waals surface area contributed by atoms with Crippen LogP contribution in [-0.2, 0) is 0 Å². The van der Waals surface area contributed by atoms with Gasteiger partial charge in [-0.05, 0) is 32.4 Å². The predicted octanol–water partition coefficient (Wildman–Crippen LogP) is 2.47. The molecule has 0 radical (unpaired) electrons. The van der Waals surface area contributed by atoms with Crippen molar-refractivity contribution in [3.8, 4) is 0 Å². The Morgan fingerprint density at radius 3 is 2.71 bits per heavy atom. The molecule has 1 N–H and O–H groups in total. The lowest BCUT2D eigenvalue weighted by atomic mass is 9.92. The topological polar surface area (TPSA) is 44.3 Å². The van der Waals surface area contributed by atoms with Crippen molar-refractivity contribution >= 4 is 11.6 Å². The summed E-state index contributed by atoms with van der Waals surface area (Å²) in [5.41, 5.74) is 0.344. The summed E-state index contributed by atoms with van der Waals surface area (Å²) in [5, 5.41) is 3.41. The van der Waals surface area contributed by atoms with Gasteiger partial charge in [-0.1, -0.05) is 20.8 Å². The molecule has 1 aromatic rings. The van der Waals surface area contributed by atoms with Crippen molar-refractivity contribution < 1.29 is 0 Å². The van der Waals surface area contributed by atoms with Gasteiger partial charge < -0.3 is 15.1 Å². The number of aromatic nitrogens is 2. The van der Waals surface area contributed by atoms with E-state index in [0.717, 1.165) is 37.7 Å². The van der Waals surface area contributed by atoms with E-state index < -0.39 is 0 Å². The van der Waals surface area contributed by atoms with Crippen molar-refractivity contribution in [2.75, 3.05) is 43.9 Å². The van der Waals surface area contributed by atoms with E-state index in [1.54, 1.807) is 6.33 Å². The minimum Gasteiger partial charge on any atom is -0.370 e. The average molecular weight is 291 g/mol. The monoisotopic (exact) mass is 291 g/mol. The summed E-state index contributed by atoms with van der Waals surface area (Å²) in [5.74, 6) is 1.96. The molecule has 1 atom stereocenters. The van der Waals surface area contributed by atoms with Crippen molar-refractivity contribution in [1.82, 2.24) is 14.9 Å². The maximum Gasteiger partial charge on any atom is 0.134 e. The van der Waals surface area contributed by atoms with Crippen molar-refractivity contribution in [1.29, 1.82) is 0 Å². The molecule has 21 heavy (non-hydrogen) atoms. The van der Waals surface area contributed by atoms with Gasteiger partial charge in [0, 0.05) is 31.7 Å². The SMILES string of the molecule is CN(C)C1CCN(c2cc(NCCC(C)(C)C)ncn2)C1. The minimum absolute atomic E-state index is 0.344. The van der Waals surface area contributed by atoms with Crippen molar-refractivity contribution in [2.45, 2.75) is 39.7 Å². The van der Waals surface area contributed by atoms with E-state index in [0.29, 0.717) is 11.5 Å². The van der Waals surface area contributed by atoms with E-state index >= 15 is 0 Å². The van der Waals surface area contributed by atoms with Gasteiger partial charge in [0.15, 0.2) is 0 Å². The summed E-state index contributed by atoms with van der Waals surface area (Å²) >= 11 is 0. The molecule has 118 valence electrons. The average Bonchev–Trinajstić information content (AvgIpc) is 2.87. The first kappa shape index (κ1) is 16.0. The first-order chi connectivity index (χ1) is 9.85. The molecule has 1 unspecified atom stereocenters. The molecule has 5 nitrogen and oxygen atoms in total. The Kier molecular flexibility index (Phi) is 5.04. The molecule has 2 rings (SSSR count). The van der Waals surface area contributed by atoms with Crippen LogP contribution in [0.25, 0.3) is 0 Å². The van der Waals surface area contributed by atoms with Gasteiger partial charge in [0.05, 0.1) is 0 Å². The van der Waals surface area contributed by atoms with Crippen LogP contribution in [0.2, 0.25) is 0 Å². The Hall–Kier alpha value is -1.36. The highest BCUT2D eigenvalue weighted by Gasteiger charge is 2.25. The van der Waals surface area contributed by atoms with E-state index in [1.165, 1.54) is 6.42 Å². The van der Waals surface area contributed by atoms with E-state index in [4.69, 9.17) is 0 Å². The van der Waals surface area contributed by atoms with Crippen LogP contribution in [0, 0.1) is 5.41 Å². The van der Waals surface area contributed by atoms with Crippen LogP contribution in [0.5, 0.6) is 0 Å². The number of likely N-dealkylation sites (N-methyl/N-ethyl adjacent to an activating group) is 1. The van der Waals surface area contributed by atoms with Gasteiger partial charge >= 0.3 is 0 Å². The normalized spacial score (nSPS) is 19.3. The fraction of sp³-hybridized carbons (Fsp3) is 0.750. The number of rotatable bonds is 5. The highest BCUT2D eigenvalue weighted by molar-refractivity contribution is 5.49. The lowest BCUT2D eigenvalue weighted by Crippen LogP contribution is -2.31. The summed E-state index contributed by atoms with van der Waals surface area (Å²) in [7, 11) is 4.29. The van der Waals surface area contributed by atoms with Crippen LogP contribution in [0.1, 0.15) is 33.6 Å². The Morgan fingerprint density at radius 2 is 2.10 bits per heavy atom. The molecule has 0 amide bonds. The Bertz CT molecular complexity index is 452. The van der Waals surface area contributed by atoms with Crippen molar-refractivity contribution in [2.24, 2.45) is 5.41 Å². The Balaban J connectivity index is 1.92. The molecule has 1 saturated heterocycles. The molecule has 0 aromatic carbocycles. The summed E-state index contributed by atoms with van der Waals surface area (Å²) in [6.45, 7) is 9.83. The molecule has 1 fully saturated rings. The third-order valence-electron chi connectivity index (χ3n) is 4.05. The quantitative estimate of drug-likeness (QED) is 0.903. The summed E-state index contributed by atoms with van der Waals surface area (Å²) in [4.78, 5) is 13.4. The van der Waals surface area contributed by atoms with Crippen LogP contribution in [0.4, 0.5) is 11.6 Å². The fourth-order valence-corrected chi connectivity index (χ4v) is 2.55. The Labute approximate surface area is 128 Å². The molecule has 2 heterocycles. The number of hydrogen-bond donors (Lipinski definition) is 1. The van der Waals surface area contributed by atoms with E-state index in [9.17, 15) is 0 Å². The molecule has 1 aliphatic rings. The highest BCUT2D eigenvalue weighted by Crippen LogP contribution is 2.22. The molecular weight excluding hydrogens is 262 g/mol. The lowest BCUT2D eigenvalue weighted by molar-refractivity contribution is 0.315. The second-order valence-electron chi connectivity index (χ2n) is 7.35. The molecule has 5 heteroatoms. The van der Waals surface area contributed by atoms with Crippen molar-refractivity contribution in [3.63, 3.8) is 0 Å². The maximum atomic E-state index is 4.43. The van der Waals surface area contributed by atoms with Gasteiger partial charge in [0.2, 0.25) is 0 Å². The fourth-order valence-electron chi connectivity index (χ4n) is 2.55. The zero-order chi connectivity index (χ0) is 15.5. The Morgan fingerprint density at radius 1 is 1.33 bits per heavy atom. The number of hydrogen-bond acceptors (Lipinski definition) is 5. The number of nitrogens with one attached hydrogen (secondary N) is 1. The zero-order valence-electron chi connectivity index (χ0n) is 14.1. The first-order valence-electron chi connectivity index (χ1n) is 7.82. The predicted molar refractivity (Wildman–Crippen MR) is 88.9 cm³/mol. The standard InChI is InChI=1S/C16H29N5/c1-16(2,3)7-8-17-14-10-15(19-12-18-14)21-9-6-13(11-21)20(4)5/h10,12-13H,6-9,11H2,1-5H3,(H,17,18,19). The van der Waals surface area contributed by atoms with Crippen LogP contribution in [0.15, 0.2) is 12.4 Å². The maximum absolute atomic E-state index is 4.43. The third-order valence-corrected chi connectivity index (χ3v) is 4.05. The second kappa shape index (κ2) is 6.60.